The van der Waals surface area contributed by atoms with Crippen LogP contribution in [0.1, 0.15) is 12.0 Å². The normalized spacial score (nSPS) is 17.2. The van der Waals surface area contributed by atoms with E-state index in [2.05, 4.69) is 23.0 Å². The first-order valence-corrected chi connectivity index (χ1v) is 5.99. The van der Waals surface area contributed by atoms with Gasteiger partial charge < -0.3 is 9.88 Å². The van der Waals surface area contributed by atoms with Gasteiger partial charge in [-0.15, -0.1) is 0 Å². The molecule has 1 aromatic heterocycles. The lowest BCUT2D eigenvalue weighted by Crippen LogP contribution is -2.23. The lowest BCUT2D eigenvalue weighted by atomic mass is 9.99. The smallest absolute Gasteiger partial charge is 0.150 e. The predicted octanol–water partition coefficient (Wildman–Crippen LogP) is 3.17. The van der Waals surface area contributed by atoms with Crippen LogP contribution in [0.5, 0.6) is 0 Å². The molecule has 1 N–H and O–H groups in total. The van der Waals surface area contributed by atoms with Gasteiger partial charge in [0.1, 0.15) is 11.6 Å². The maximum absolute atomic E-state index is 13.6. The van der Waals surface area contributed by atoms with Gasteiger partial charge in [0.05, 0.1) is 5.52 Å². The van der Waals surface area contributed by atoms with Crippen LogP contribution in [0, 0.1) is 11.6 Å². The molecule has 0 radical (unpaired) electrons. The fourth-order valence-electron chi connectivity index (χ4n) is 2.44. The zero-order valence-electron chi connectivity index (χ0n) is 10.1. The number of halogens is 2. The Morgan fingerprint density at radius 2 is 2.11 bits per heavy atom. The van der Waals surface area contributed by atoms with Gasteiger partial charge in [0.25, 0.3) is 0 Å². The van der Waals surface area contributed by atoms with E-state index < -0.39 is 11.6 Å². The van der Waals surface area contributed by atoms with E-state index in [-0.39, 0.29) is 0 Å². The zero-order chi connectivity index (χ0) is 12.7. The molecule has 4 heteroatoms. The summed E-state index contributed by atoms with van der Waals surface area (Å²) in [4.78, 5) is 5.10. The van der Waals surface area contributed by atoms with Crippen LogP contribution in [0.4, 0.5) is 8.78 Å². The molecule has 3 rings (SSSR count). The van der Waals surface area contributed by atoms with E-state index in [9.17, 15) is 8.78 Å². The SMILES string of the molecule is CN1CC=C(c2c[nH]c3c(F)cc(F)cc23)CC1. The Hall–Kier alpha value is -1.68. The third-order valence-electron chi connectivity index (χ3n) is 3.46. The van der Waals surface area contributed by atoms with Crippen molar-refractivity contribution in [3.63, 3.8) is 0 Å². The third kappa shape index (κ3) is 1.82. The molecule has 0 fully saturated rings. The Kier molecular flexibility index (Phi) is 2.67. The molecule has 0 saturated carbocycles. The van der Waals surface area contributed by atoms with Gasteiger partial charge in [-0.1, -0.05) is 6.08 Å². The minimum Gasteiger partial charge on any atom is -0.358 e. The van der Waals surface area contributed by atoms with E-state index >= 15 is 0 Å². The van der Waals surface area contributed by atoms with Crippen LogP contribution in [0.2, 0.25) is 0 Å². The molecule has 1 aromatic carbocycles. The number of H-pyrrole nitrogens is 1. The van der Waals surface area contributed by atoms with Crippen molar-refractivity contribution in [2.45, 2.75) is 6.42 Å². The van der Waals surface area contributed by atoms with Crippen molar-refractivity contribution in [1.29, 1.82) is 0 Å². The molecule has 2 aromatic rings. The summed E-state index contributed by atoms with van der Waals surface area (Å²) in [6.07, 6.45) is 4.79. The molecule has 0 spiro atoms. The Morgan fingerprint density at radius 1 is 1.28 bits per heavy atom. The van der Waals surface area contributed by atoms with Crippen molar-refractivity contribution in [3.05, 3.63) is 41.6 Å². The largest absolute Gasteiger partial charge is 0.358 e. The molecule has 0 aliphatic carbocycles. The summed E-state index contributed by atoms with van der Waals surface area (Å²) in [5.41, 5.74) is 2.45. The van der Waals surface area contributed by atoms with E-state index in [1.807, 2.05) is 0 Å². The van der Waals surface area contributed by atoms with Gasteiger partial charge in [0.15, 0.2) is 0 Å². The molecule has 94 valence electrons. The highest BCUT2D eigenvalue weighted by Gasteiger charge is 2.15. The van der Waals surface area contributed by atoms with Crippen molar-refractivity contribution in [2.75, 3.05) is 20.1 Å². The second-order valence-corrected chi connectivity index (χ2v) is 4.75. The highest BCUT2D eigenvalue weighted by molar-refractivity contribution is 5.93. The Bertz CT molecular complexity index is 628. The lowest BCUT2D eigenvalue weighted by molar-refractivity contribution is 0.370. The standard InChI is InChI=1S/C14H14F2N2/c1-18-4-2-9(3-5-18)12-8-17-14-11(12)6-10(15)7-13(14)16/h2,6-8,17H,3-5H2,1H3. The van der Waals surface area contributed by atoms with E-state index in [0.29, 0.717) is 10.9 Å². The Labute approximate surface area is 104 Å². The predicted molar refractivity (Wildman–Crippen MR) is 68.3 cm³/mol. The summed E-state index contributed by atoms with van der Waals surface area (Å²) in [5.74, 6) is -1.07. The maximum Gasteiger partial charge on any atom is 0.150 e. The minimum atomic E-state index is -0.537. The van der Waals surface area contributed by atoms with Crippen LogP contribution in [-0.2, 0) is 0 Å². The number of fused-ring (bicyclic) bond motifs is 1. The second-order valence-electron chi connectivity index (χ2n) is 4.75. The molecule has 18 heavy (non-hydrogen) atoms. The summed E-state index contributed by atoms with van der Waals surface area (Å²) in [7, 11) is 2.06. The van der Waals surface area contributed by atoms with Crippen molar-refractivity contribution < 1.29 is 8.78 Å². The monoisotopic (exact) mass is 248 g/mol. The topological polar surface area (TPSA) is 19.0 Å². The fourth-order valence-corrected chi connectivity index (χ4v) is 2.44. The van der Waals surface area contributed by atoms with Gasteiger partial charge in [0, 0.05) is 36.3 Å². The number of nitrogens with one attached hydrogen (secondary N) is 1. The minimum absolute atomic E-state index is 0.381. The molecular formula is C14H14F2N2. The highest BCUT2D eigenvalue weighted by Crippen LogP contribution is 2.30. The van der Waals surface area contributed by atoms with E-state index in [1.54, 1.807) is 6.20 Å². The average molecular weight is 248 g/mol. The Balaban J connectivity index is 2.13. The zero-order valence-corrected chi connectivity index (χ0v) is 10.1. The van der Waals surface area contributed by atoms with Gasteiger partial charge in [-0.3, -0.25) is 0 Å². The van der Waals surface area contributed by atoms with Crippen LogP contribution in [0.3, 0.4) is 0 Å². The fraction of sp³-hybridized carbons (Fsp3) is 0.286. The van der Waals surface area contributed by atoms with Crippen LogP contribution in [0.15, 0.2) is 24.4 Å². The summed E-state index contributed by atoms with van der Waals surface area (Å²) in [6, 6.07) is 2.30. The molecule has 1 aliphatic rings. The van der Waals surface area contributed by atoms with Gasteiger partial charge in [-0.2, -0.15) is 0 Å². The first-order valence-electron chi connectivity index (χ1n) is 5.99. The van der Waals surface area contributed by atoms with Crippen LogP contribution < -0.4 is 0 Å². The van der Waals surface area contributed by atoms with Crippen molar-refractivity contribution in [3.8, 4) is 0 Å². The van der Waals surface area contributed by atoms with Crippen LogP contribution in [-0.4, -0.2) is 30.0 Å². The van der Waals surface area contributed by atoms with E-state index in [4.69, 9.17) is 0 Å². The van der Waals surface area contributed by atoms with Gasteiger partial charge >= 0.3 is 0 Å². The Morgan fingerprint density at radius 3 is 2.83 bits per heavy atom. The molecule has 0 bridgehead atoms. The summed E-state index contributed by atoms with van der Waals surface area (Å²) in [6.45, 7) is 1.84. The molecule has 0 saturated heterocycles. The summed E-state index contributed by atoms with van der Waals surface area (Å²) in [5, 5.41) is 0.628. The quantitative estimate of drug-likeness (QED) is 0.821. The first-order chi connectivity index (χ1) is 8.65. The molecule has 2 heterocycles. The van der Waals surface area contributed by atoms with Gasteiger partial charge in [-0.25, -0.2) is 8.78 Å². The molecule has 0 atom stereocenters. The van der Waals surface area contributed by atoms with Gasteiger partial charge in [-0.05, 0) is 25.1 Å². The number of benzene rings is 1. The highest BCUT2D eigenvalue weighted by atomic mass is 19.1. The third-order valence-corrected chi connectivity index (χ3v) is 3.46. The summed E-state index contributed by atoms with van der Waals surface area (Å²) >= 11 is 0. The number of rotatable bonds is 1. The van der Waals surface area contributed by atoms with E-state index in [0.717, 1.165) is 36.7 Å². The molecular weight excluding hydrogens is 234 g/mol. The number of aromatic amines is 1. The number of aromatic nitrogens is 1. The summed E-state index contributed by atoms with van der Waals surface area (Å²) < 4.78 is 26.9. The number of likely N-dealkylation sites (N-methyl/N-ethyl adjacent to an activating group) is 1. The molecule has 0 amide bonds. The molecule has 2 nitrogen and oxygen atoms in total. The first kappa shape index (κ1) is 11.4. The average Bonchev–Trinajstić information content (AvgIpc) is 2.74. The number of hydrogen-bond acceptors (Lipinski definition) is 1. The van der Waals surface area contributed by atoms with Crippen molar-refractivity contribution >= 4 is 16.5 Å². The maximum atomic E-state index is 13.6. The number of hydrogen-bond donors (Lipinski definition) is 1. The van der Waals surface area contributed by atoms with Crippen molar-refractivity contribution in [1.82, 2.24) is 9.88 Å². The van der Waals surface area contributed by atoms with E-state index in [1.165, 1.54) is 6.07 Å². The van der Waals surface area contributed by atoms with Crippen LogP contribution in [0.25, 0.3) is 16.5 Å². The van der Waals surface area contributed by atoms with Gasteiger partial charge in [0.2, 0.25) is 0 Å². The molecule has 0 unspecified atom stereocenters. The second kappa shape index (κ2) is 4.21. The molecule has 1 aliphatic heterocycles. The van der Waals surface area contributed by atoms with Crippen molar-refractivity contribution in [2.24, 2.45) is 0 Å². The lowest BCUT2D eigenvalue weighted by Gasteiger charge is -2.21. The van der Waals surface area contributed by atoms with Crippen LogP contribution >= 0.6 is 0 Å². The number of nitrogens with zero attached hydrogens (tertiary/aromatic N) is 1.